The Morgan fingerprint density at radius 2 is 1.56 bits per heavy atom. The second-order valence-corrected chi connectivity index (χ2v) is 5.72. The number of hydrogen-bond donors (Lipinski definition) is 2. The van der Waals surface area contributed by atoms with Crippen LogP contribution in [0.25, 0.3) is 0 Å². The van der Waals surface area contributed by atoms with Gasteiger partial charge in [0, 0.05) is 11.4 Å². The van der Waals surface area contributed by atoms with Gasteiger partial charge in [-0.2, -0.15) is 0 Å². The second kappa shape index (κ2) is 9.57. The third-order valence-electron chi connectivity index (χ3n) is 3.67. The van der Waals surface area contributed by atoms with Crippen LogP contribution in [0.2, 0.25) is 0 Å². The van der Waals surface area contributed by atoms with E-state index in [0.717, 1.165) is 29.3 Å². The summed E-state index contributed by atoms with van der Waals surface area (Å²) in [6, 6.07) is 14.9. The van der Waals surface area contributed by atoms with Crippen molar-refractivity contribution in [2.75, 3.05) is 23.8 Å². The first-order valence-corrected chi connectivity index (χ1v) is 8.64. The zero-order valence-corrected chi connectivity index (χ0v) is 15.0. The Balaban J connectivity index is 1.79. The van der Waals surface area contributed by atoms with Gasteiger partial charge in [-0.05, 0) is 68.8 Å². The van der Waals surface area contributed by atoms with Crippen LogP contribution in [0.3, 0.4) is 0 Å². The van der Waals surface area contributed by atoms with Gasteiger partial charge < -0.3 is 20.1 Å². The minimum atomic E-state index is -0.107. The molecule has 0 aliphatic heterocycles. The lowest BCUT2D eigenvalue weighted by Crippen LogP contribution is -2.21. The van der Waals surface area contributed by atoms with Crippen molar-refractivity contribution in [2.45, 2.75) is 33.3 Å². The summed E-state index contributed by atoms with van der Waals surface area (Å²) in [6.45, 7) is 6.88. The van der Waals surface area contributed by atoms with Gasteiger partial charge in [0.25, 0.3) is 0 Å². The minimum absolute atomic E-state index is 0.107. The van der Waals surface area contributed by atoms with Crippen molar-refractivity contribution >= 4 is 17.3 Å². The molecule has 1 amide bonds. The summed E-state index contributed by atoms with van der Waals surface area (Å²) in [5.74, 6) is 1.52. The predicted octanol–water partition coefficient (Wildman–Crippen LogP) is 4.31. The smallest absolute Gasteiger partial charge is 0.243 e. The molecule has 0 aliphatic carbocycles. The van der Waals surface area contributed by atoms with Crippen molar-refractivity contribution in [3.63, 3.8) is 0 Å². The molecule has 2 rings (SSSR count). The van der Waals surface area contributed by atoms with Crippen LogP contribution in [0.15, 0.2) is 48.5 Å². The molecule has 0 fully saturated rings. The molecule has 25 heavy (non-hydrogen) atoms. The van der Waals surface area contributed by atoms with E-state index in [1.807, 2.05) is 62.4 Å². The second-order valence-electron chi connectivity index (χ2n) is 5.72. The molecule has 0 aromatic heterocycles. The van der Waals surface area contributed by atoms with E-state index in [4.69, 9.17) is 9.47 Å². The Morgan fingerprint density at radius 1 is 0.960 bits per heavy atom. The first-order chi connectivity index (χ1) is 12.1. The number of anilines is 2. The van der Waals surface area contributed by atoms with Crippen LogP contribution in [-0.4, -0.2) is 25.2 Å². The summed E-state index contributed by atoms with van der Waals surface area (Å²) >= 11 is 0. The maximum absolute atomic E-state index is 12.0. The Kier molecular flexibility index (Phi) is 7.14. The van der Waals surface area contributed by atoms with Crippen LogP contribution in [0, 0.1) is 0 Å². The Bertz CT molecular complexity index is 654. The highest BCUT2D eigenvalue weighted by Crippen LogP contribution is 2.18. The van der Waals surface area contributed by atoms with Crippen LogP contribution >= 0.6 is 0 Å². The van der Waals surface area contributed by atoms with Gasteiger partial charge in [0.2, 0.25) is 5.91 Å². The minimum Gasteiger partial charge on any atom is -0.494 e. The molecule has 2 N–H and O–H groups in total. The van der Waals surface area contributed by atoms with E-state index in [-0.39, 0.29) is 18.6 Å². The first-order valence-electron chi connectivity index (χ1n) is 8.64. The molecule has 0 saturated heterocycles. The normalized spacial score (nSPS) is 11.5. The molecule has 1 atom stereocenters. The van der Waals surface area contributed by atoms with E-state index >= 15 is 0 Å². The van der Waals surface area contributed by atoms with Gasteiger partial charge >= 0.3 is 0 Å². The predicted molar refractivity (Wildman–Crippen MR) is 102 cm³/mol. The number of carbonyl (C=O) groups excluding carboxylic acids is 1. The van der Waals surface area contributed by atoms with Gasteiger partial charge in [-0.25, -0.2) is 0 Å². The van der Waals surface area contributed by atoms with E-state index in [9.17, 15) is 4.79 Å². The molecule has 0 saturated carbocycles. The Labute approximate surface area is 149 Å². The van der Waals surface area contributed by atoms with Gasteiger partial charge in [0.15, 0.2) is 0 Å². The lowest BCUT2D eigenvalue weighted by atomic mass is 10.2. The molecule has 0 spiro atoms. The zero-order valence-electron chi connectivity index (χ0n) is 15.0. The SMILES string of the molecule is CCOc1ccc(NCC(=O)Nc2ccc(OC(C)CC)cc2)cc1. The largest absolute Gasteiger partial charge is 0.494 e. The fourth-order valence-electron chi connectivity index (χ4n) is 2.16. The maximum atomic E-state index is 12.0. The van der Waals surface area contributed by atoms with Crippen molar-refractivity contribution in [1.82, 2.24) is 0 Å². The number of benzene rings is 2. The average molecular weight is 342 g/mol. The van der Waals surface area contributed by atoms with Crippen LogP contribution in [0.4, 0.5) is 11.4 Å². The van der Waals surface area contributed by atoms with Crippen LogP contribution in [0.5, 0.6) is 11.5 Å². The molecular weight excluding hydrogens is 316 g/mol. The third kappa shape index (κ3) is 6.37. The molecule has 2 aromatic rings. The van der Waals surface area contributed by atoms with Crippen molar-refractivity contribution in [3.05, 3.63) is 48.5 Å². The van der Waals surface area contributed by atoms with Crippen molar-refractivity contribution in [3.8, 4) is 11.5 Å². The summed E-state index contributed by atoms with van der Waals surface area (Å²) in [5, 5.41) is 5.94. The third-order valence-corrected chi connectivity index (χ3v) is 3.67. The fourth-order valence-corrected chi connectivity index (χ4v) is 2.16. The van der Waals surface area contributed by atoms with E-state index in [2.05, 4.69) is 17.6 Å². The molecule has 0 radical (unpaired) electrons. The van der Waals surface area contributed by atoms with Crippen molar-refractivity contribution < 1.29 is 14.3 Å². The highest BCUT2D eigenvalue weighted by molar-refractivity contribution is 5.93. The summed E-state index contributed by atoms with van der Waals surface area (Å²) < 4.78 is 11.1. The lowest BCUT2D eigenvalue weighted by molar-refractivity contribution is -0.114. The highest BCUT2D eigenvalue weighted by Gasteiger charge is 2.04. The Hall–Kier alpha value is -2.69. The zero-order chi connectivity index (χ0) is 18.1. The number of amides is 1. The molecular formula is C20H26N2O3. The van der Waals surface area contributed by atoms with Crippen LogP contribution in [-0.2, 0) is 4.79 Å². The number of carbonyl (C=O) groups is 1. The van der Waals surface area contributed by atoms with Gasteiger partial charge in [-0.3, -0.25) is 4.79 Å². The van der Waals surface area contributed by atoms with E-state index < -0.39 is 0 Å². The summed E-state index contributed by atoms with van der Waals surface area (Å²) in [7, 11) is 0. The number of ether oxygens (including phenoxy) is 2. The van der Waals surface area contributed by atoms with E-state index in [1.54, 1.807) is 0 Å². The lowest BCUT2D eigenvalue weighted by Gasteiger charge is -2.13. The quantitative estimate of drug-likeness (QED) is 0.713. The number of hydrogen-bond acceptors (Lipinski definition) is 4. The molecule has 0 heterocycles. The molecule has 2 aromatic carbocycles. The molecule has 0 bridgehead atoms. The number of rotatable bonds is 9. The van der Waals surface area contributed by atoms with Crippen molar-refractivity contribution in [2.24, 2.45) is 0 Å². The van der Waals surface area contributed by atoms with Gasteiger partial charge in [0.05, 0.1) is 19.3 Å². The van der Waals surface area contributed by atoms with Gasteiger partial charge in [0.1, 0.15) is 11.5 Å². The standard InChI is InChI=1S/C20H26N2O3/c1-4-15(3)25-19-12-8-17(9-13-19)22-20(23)14-21-16-6-10-18(11-7-16)24-5-2/h6-13,15,21H,4-5,14H2,1-3H3,(H,22,23). The molecule has 5 nitrogen and oxygen atoms in total. The number of nitrogens with one attached hydrogen (secondary N) is 2. The molecule has 0 aliphatic rings. The summed E-state index contributed by atoms with van der Waals surface area (Å²) in [5.41, 5.74) is 1.62. The van der Waals surface area contributed by atoms with Crippen LogP contribution in [0.1, 0.15) is 27.2 Å². The average Bonchev–Trinajstić information content (AvgIpc) is 2.63. The van der Waals surface area contributed by atoms with E-state index in [1.165, 1.54) is 0 Å². The van der Waals surface area contributed by atoms with Crippen molar-refractivity contribution in [1.29, 1.82) is 0 Å². The molecule has 1 unspecified atom stereocenters. The molecule has 134 valence electrons. The molecule has 5 heteroatoms. The maximum Gasteiger partial charge on any atom is 0.243 e. The first kappa shape index (κ1) is 18.6. The topological polar surface area (TPSA) is 59.6 Å². The monoisotopic (exact) mass is 342 g/mol. The van der Waals surface area contributed by atoms with Gasteiger partial charge in [-0.15, -0.1) is 0 Å². The summed E-state index contributed by atoms with van der Waals surface area (Å²) in [4.78, 5) is 12.0. The highest BCUT2D eigenvalue weighted by atomic mass is 16.5. The van der Waals surface area contributed by atoms with E-state index in [0.29, 0.717) is 6.61 Å². The van der Waals surface area contributed by atoms with Crippen LogP contribution < -0.4 is 20.1 Å². The summed E-state index contributed by atoms with van der Waals surface area (Å²) in [6.07, 6.45) is 1.13. The van der Waals surface area contributed by atoms with Gasteiger partial charge in [-0.1, -0.05) is 6.92 Å². The Morgan fingerprint density at radius 3 is 2.16 bits per heavy atom. The fraction of sp³-hybridized carbons (Fsp3) is 0.350.